The largest absolute Gasteiger partial charge is 0.364 e. The Kier molecular flexibility index (Phi) is 6.04. The fourth-order valence-corrected chi connectivity index (χ4v) is 4.88. The minimum atomic E-state index is -0.315. The third-order valence-corrected chi connectivity index (χ3v) is 5.88. The number of amides is 1. The van der Waals surface area contributed by atoms with Gasteiger partial charge in [-0.05, 0) is 87.9 Å². The fourth-order valence-electron chi connectivity index (χ4n) is 4.56. The molecule has 0 bridgehead atoms. The highest BCUT2D eigenvalue weighted by atomic mass is 35.5. The fraction of sp³-hybridized carbons (Fsp3) is 0.417. The van der Waals surface area contributed by atoms with E-state index in [1.807, 2.05) is 13.0 Å². The Labute approximate surface area is 179 Å². The van der Waals surface area contributed by atoms with Crippen LogP contribution in [0.5, 0.6) is 0 Å². The maximum Gasteiger partial charge on any atom is 0.272 e. The molecular weight excluding hydrogens is 382 g/mol. The van der Waals surface area contributed by atoms with Crippen LogP contribution in [0.25, 0.3) is 0 Å². The van der Waals surface area contributed by atoms with E-state index in [2.05, 4.69) is 68.2 Å². The van der Waals surface area contributed by atoms with Crippen molar-refractivity contribution in [1.29, 1.82) is 0 Å². The number of carbonyl (C=O) groups is 1. The molecule has 0 saturated carbocycles. The summed E-state index contributed by atoms with van der Waals surface area (Å²) in [5.74, 6) is 0.148. The zero-order valence-electron chi connectivity index (χ0n) is 18.1. The quantitative estimate of drug-likeness (QED) is 0.501. The summed E-state index contributed by atoms with van der Waals surface area (Å²) in [5.41, 5.74) is 7.71. The van der Waals surface area contributed by atoms with Gasteiger partial charge in [0.15, 0.2) is 0 Å². The Hall–Kier alpha value is -2.33. The van der Waals surface area contributed by atoms with Gasteiger partial charge in [0.2, 0.25) is 0 Å². The second kappa shape index (κ2) is 8.19. The van der Waals surface area contributed by atoms with E-state index in [0.717, 1.165) is 17.5 Å². The molecule has 0 unspecified atom stereocenters. The molecule has 29 heavy (non-hydrogen) atoms. The molecule has 1 heterocycles. The Morgan fingerprint density at radius 2 is 2.00 bits per heavy atom. The summed E-state index contributed by atoms with van der Waals surface area (Å²) in [6.45, 7) is 13.3. The molecule has 1 aliphatic heterocycles. The molecule has 1 amide bonds. The lowest BCUT2D eigenvalue weighted by Gasteiger charge is -2.50. The van der Waals surface area contributed by atoms with Crippen LogP contribution in [0.2, 0.25) is 5.02 Å². The lowest BCUT2D eigenvalue weighted by Crippen LogP contribution is -2.51. The number of halogens is 1. The third kappa shape index (κ3) is 4.48. The van der Waals surface area contributed by atoms with Gasteiger partial charge in [0.25, 0.3) is 5.91 Å². The Balaban J connectivity index is 1.79. The van der Waals surface area contributed by atoms with Gasteiger partial charge in [-0.3, -0.25) is 4.79 Å². The lowest BCUT2D eigenvalue weighted by molar-refractivity contribution is 0.0955. The number of benzene rings is 2. The van der Waals surface area contributed by atoms with E-state index < -0.39 is 0 Å². The zero-order valence-corrected chi connectivity index (χ0v) is 18.8. The topological polar surface area (TPSA) is 44.7 Å². The molecule has 0 radical (unpaired) electrons. The summed E-state index contributed by atoms with van der Waals surface area (Å²) < 4.78 is 0. The number of aryl methyl sites for hydroxylation is 1. The summed E-state index contributed by atoms with van der Waals surface area (Å²) >= 11 is 6.16. The molecule has 3 rings (SSSR count). The Bertz CT molecular complexity index is 949. The van der Waals surface area contributed by atoms with Crippen molar-refractivity contribution < 1.29 is 4.79 Å². The van der Waals surface area contributed by atoms with Crippen molar-refractivity contribution in [2.24, 2.45) is 5.10 Å². The second-order valence-corrected chi connectivity index (χ2v) is 9.29. The molecule has 154 valence electrons. The number of hydrogen-bond donors (Lipinski definition) is 1. The van der Waals surface area contributed by atoms with Gasteiger partial charge in [0, 0.05) is 17.3 Å². The molecule has 1 aliphatic rings. The summed E-state index contributed by atoms with van der Waals surface area (Å²) in [4.78, 5) is 14.8. The molecule has 1 atom stereocenters. The summed E-state index contributed by atoms with van der Waals surface area (Å²) in [6.07, 6.45) is 2.79. The van der Waals surface area contributed by atoms with Crippen molar-refractivity contribution >= 4 is 29.4 Å². The smallest absolute Gasteiger partial charge is 0.272 e. The molecule has 0 aliphatic carbocycles. The normalized spacial score (nSPS) is 18.2. The average Bonchev–Trinajstić information content (AvgIpc) is 2.61. The van der Waals surface area contributed by atoms with Crippen molar-refractivity contribution in [2.75, 3.05) is 4.90 Å². The maximum atomic E-state index is 12.3. The number of hydrazone groups is 1. The summed E-state index contributed by atoms with van der Waals surface area (Å²) in [7, 11) is 0. The highest BCUT2D eigenvalue weighted by Gasteiger charge is 2.37. The average molecular weight is 412 g/mol. The number of rotatable bonds is 4. The Morgan fingerprint density at radius 1 is 1.28 bits per heavy atom. The SMILES string of the molecule is Cc1ccc(C(=O)N/N=C\c2ccc3c(c2)[C@H](C)CC(C)(C)N3C(C)C)c(Cl)c1. The molecule has 4 nitrogen and oxygen atoms in total. The minimum Gasteiger partial charge on any atom is -0.364 e. The van der Waals surface area contributed by atoms with E-state index in [-0.39, 0.29) is 11.4 Å². The van der Waals surface area contributed by atoms with Crippen molar-refractivity contribution in [3.63, 3.8) is 0 Å². The minimum absolute atomic E-state index is 0.122. The van der Waals surface area contributed by atoms with Crippen LogP contribution >= 0.6 is 11.6 Å². The van der Waals surface area contributed by atoms with E-state index in [9.17, 15) is 4.79 Å². The predicted octanol–water partition coefficient (Wildman–Crippen LogP) is 5.91. The predicted molar refractivity (Wildman–Crippen MR) is 122 cm³/mol. The first-order valence-corrected chi connectivity index (χ1v) is 10.5. The van der Waals surface area contributed by atoms with Crippen molar-refractivity contribution in [3.8, 4) is 0 Å². The molecule has 5 heteroatoms. The molecule has 2 aromatic rings. The van der Waals surface area contributed by atoms with Crippen LogP contribution in [0.4, 0.5) is 5.69 Å². The van der Waals surface area contributed by atoms with Crippen LogP contribution in [0, 0.1) is 6.92 Å². The summed E-state index contributed by atoms with van der Waals surface area (Å²) in [6, 6.07) is 12.2. The highest BCUT2D eigenvalue weighted by molar-refractivity contribution is 6.33. The Morgan fingerprint density at radius 3 is 2.66 bits per heavy atom. The number of carbonyl (C=O) groups excluding carboxylic acids is 1. The van der Waals surface area contributed by atoms with Gasteiger partial charge in [0.1, 0.15) is 0 Å². The standard InChI is InChI=1S/C24H30ClN3O/c1-15(2)28-22-10-8-18(12-20(22)17(4)13-24(28,5)6)14-26-27-23(29)19-9-7-16(3)11-21(19)25/h7-12,14-15,17H,13H2,1-6H3,(H,27,29)/b26-14-/t17-/m1/s1. The van der Waals surface area contributed by atoms with Crippen LogP contribution in [0.3, 0.4) is 0 Å². The number of nitrogens with one attached hydrogen (secondary N) is 1. The van der Waals surface area contributed by atoms with Crippen LogP contribution in [0.1, 0.15) is 74.0 Å². The molecule has 0 saturated heterocycles. The van der Waals surface area contributed by atoms with Gasteiger partial charge in [-0.15, -0.1) is 0 Å². The lowest BCUT2D eigenvalue weighted by atomic mass is 9.79. The third-order valence-electron chi connectivity index (χ3n) is 5.57. The van der Waals surface area contributed by atoms with E-state index >= 15 is 0 Å². The second-order valence-electron chi connectivity index (χ2n) is 8.88. The maximum absolute atomic E-state index is 12.3. The van der Waals surface area contributed by atoms with Crippen LogP contribution in [-0.2, 0) is 0 Å². The van der Waals surface area contributed by atoms with E-state index in [4.69, 9.17) is 11.6 Å². The zero-order chi connectivity index (χ0) is 21.3. The van der Waals surface area contributed by atoms with Gasteiger partial charge in [-0.25, -0.2) is 5.43 Å². The number of nitrogens with zero attached hydrogens (tertiary/aromatic N) is 2. The van der Waals surface area contributed by atoms with Gasteiger partial charge in [-0.1, -0.05) is 30.7 Å². The van der Waals surface area contributed by atoms with Crippen molar-refractivity contribution in [3.05, 3.63) is 63.7 Å². The van der Waals surface area contributed by atoms with Gasteiger partial charge in [-0.2, -0.15) is 5.10 Å². The van der Waals surface area contributed by atoms with Crippen LogP contribution < -0.4 is 10.3 Å². The molecule has 0 spiro atoms. The highest BCUT2D eigenvalue weighted by Crippen LogP contribution is 2.44. The first-order chi connectivity index (χ1) is 13.6. The molecule has 0 fully saturated rings. The number of anilines is 1. The molecule has 2 aromatic carbocycles. The van der Waals surface area contributed by atoms with Crippen LogP contribution in [0.15, 0.2) is 41.5 Å². The van der Waals surface area contributed by atoms with Crippen LogP contribution in [-0.4, -0.2) is 23.7 Å². The first-order valence-electron chi connectivity index (χ1n) is 10.1. The first kappa shape index (κ1) is 21.4. The molecular formula is C24H30ClN3O. The van der Waals surface area contributed by atoms with Gasteiger partial charge >= 0.3 is 0 Å². The molecule has 1 N–H and O–H groups in total. The number of fused-ring (bicyclic) bond motifs is 1. The monoisotopic (exact) mass is 411 g/mol. The van der Waals surface area contributed by atoms with E-state index in [0.29, 0.717) is 22.5 Å². The van der Waals surface area contributed by atoms with Gasteiger partial charge in [0.05, 0.1) is 16.8 Å². The van der Waals surface area contributed by atoms with Crippen molar-refractivity contribution in [2.45, 2.75) is 65.5 Å². The van der Waals surface area contributed by atoms with Gasteiger partial charge < -0.3 is 4.90 Å². The van der Waals surface area contributed by atoms with Crippen molar-refractivity contribution in [1.82, 2.24) is 5.43 Å². The molecule has 0 aromatic heterocycles. The number of hydrogen-bond acceptors (Lipinski definition) is 3. The summed E-state index contributed by atoms with van der Waals surface area (Å²) in [5, 5.41) is 4.57. The van der Waals surface area contributed by atoms with E-state index in [1.165, 1.54) is 11.3 Å². The van der Waals surface area contributed by atoms with E-state index in [1.54, 1.807) is 18.3 Å².